The molecule has 0 aliphatic carbocycles. The summed E-state index contributed by atoms with van der Waals surface area (Å²) in [5.74, 6) is -0.592. The second kappa shape index (κ2) is 8.89. The molecule has 0 saturated heterocycles. The minimum Gasteiger partial charge on any atom is -0.365 e. The van der Waals surface area contributed by atoms with Gasteiger partial charge in [0.05, 0.1) is 23.3 Å². The van der Waals surface area contributed by atoms with Gasteiger partial charge >= 0.3 is 6.03 Å². The van der Waals surface area contributed by atoms with Crippen LogP contribution in [0.1, 0.15) is 21.6 Å². The summed E-state index contributed by atoms with van der Waals surface area (Å²) in [4.78, 5) is 26.9. The highest BCUT2D eigenvalue weighted by atomic mass is 35.5. The molecule has 0 aliphatic rings. The lowest BCUT2D eigenvalue weighted by atomic mass is 10.1. The number of pyridine rings is 1. The van der Waals surface area contributed by atoms with Crippen LogP contribution in [-0.2, 0) is 13.1 Å². The van der Waals surface area contributed by atoms with Gasteiger partial charge in [0.25, 0.3) is 5.91 Å². The number of rotatable bonds is 6. The first kappa shape index (κ1) is 20.4. The van der Waals surface area contributed by atoms with E-state index in [1.165, 1.54) is 0 Å². The van der Waals surface area contributed by atoms with E-state index >= 15 is 0 Å². The van der Waals surface area contributed by atoms with Crippen molar-refractivity contribution < 1.29 is 9.59 Å². The Labute approximate surface area is 184 Å². The number of anilines is 1. The molecule has 3 N–H and O–H groups in total. The fourth-order valence-corrected chi connectivity index (χ4v) is 3.57. The molecule has 0 bridgehead atoms. The molecule has 0 fully saturated rings. The van der Waals surface area contributed by atoms with Crippen LogP contribution in [-0.4, -0.2) is 26.5 Å². The second-order valence-electron chi connectivity index (χ2n) is 7.00. The molecule has 0 unspecified atom stereocenters. The van der Waals surface area contributed by atoms with Crippen molar-refractivity contribution in [3.8, 4) is 0 Å². The number of primary amides is 1. The van der Waals surface area contributed by atoms with Gasteiger partial charge in [-0.1, -0.05) is 54.1 Å². The summed E-state index contributed by atoms with van der Waals surface area (Å²) in [5.41, 5.74) is 8.48. The van der Waals surface area contributed by atoms with Crippen LogP contribution in [0.25, 0.3) is 5.52 Å². The van der Waals surface area contributed by atoms with E-state index in [4.69, 9.17) is 17.3 Å². The molecule has 156 valence electrons. The highest BCUT2D eigenvalue weighted by Crippen LogP contribution is 2.20. The van der Waals surface area contributed by atoms with Crippen LogP contribution in [0.3, 0.4) is 0 Å². The summed E-state index contributed by atoms with van der Waals surface area (Å²) >= 11 is 6.04. The third-order valence-electron chi connectivity index (χ3n) is 4.78. The molecule has 0 saturated carbocycles. The van der Waals surface area contributed by atoms with E-state index in [1.807, 2.05) is 36.4 Å². The van der Waals surface area contributed by atoms with E-state index in [-0.39, 0.29) is 12.6 Å². The van der Waals surface area contributed by atoms with Crippen molar-refractivity contribution in [2.45, 2.75) is 13.1 Å². The van der Waals surface area contributed by atoms with E-state index in [1.54, 1.807) is 52.0 Å². The zero-order valence-corrected chi connectivity index (χ0v) is 17.3. The number of hydrogen-bond acceptors (Lipinski definition) is 3. The first-order valence-corrected chi connectivity index (χ1v) is 10.0. The fourth-order valence-electron chi connectivity index (χ4n) is 3.38. The number of nitrogens with zero attached hydrogens (tertiary/aromatic N) is 3. The Morgan fingerprint density at radius 3 is 2.52 bits per heavy atom. The Kier molecular flexibility index (Phi) is 5.86. The SMILES string of the molecule is NC(=O)c1c(CN(Cc2ccccc2)C(=O)Nc2cccc(Cl)c2)nn2ccccc12. The van der Waals surface area contributed by atoms with Crippen LogP contribution in [0.5, 0.6) is 0 Å². The van der Waals surface area contributed by atoms with Crippen LogP contribution < -0.4 is 11.1 Å². The van der Waals surface area contributed by atoms with Crippen LogP contribution in [0.2, 0.25) is 5.02 Å². The van der Waals surface area contributed by atoms with Crippen molar-refractivity contribution in [3.05, 3.63) is 101 Å². The fraction of sp³-hybridized carbons (Fsp3) is 0.0870. The first-order valence-electron chi connectivity index (χ1n) is 9.63. The smallest absolute Gasteiger partial charge is 0.322 e. The Morgan fingerprint density at radius 2 is 1.77 bits per heavy atom. The van der Waals surface area contributed by atoms with E-state index in [0.717, 1.165) is 5.56 Å². The number of halogens is 1. The summed E-state index contributed by atoms with van der Waals surface area (Å²) in [5, 5.41) is 7.87. The van der Waals surface area contributed by atoms with Crippen LogP contribution in [0.4, 0.5) is 10.5 Å². The van der Waals surface area contributed by atoms with Crippen molar-refractivity contribution in [1.29, 1.82) is 0 Å². The van der Waals surface area contributed by atoms with E-state index in [9.17, 15) is 9.59 Å². The van der Waals surface area contributed by atoms with E-state index in [2.05, 4.69) is 10.4 Å². The van der Waals surface area contributed by atoms with Gasteiger partial charge in [-0.15, -0.1) is 0 Å². The number of carbonyl (C=O) groups excluding carboxylic acids is 2. The van der Waals surface area contributed by atoms with Gasteiger partial charge in [0.1, 0.15) is 0 Å². The normalized spacial score (nSPS) is 10.7. The molecule has 0 spiro atoms. The Bertz CT molecular complexity index is 1240. The largest absolute Gasteiger partial charge is 0.365 e. The standard InChI is InChI=1S/C23H20ClN5O2/c24-17-9-6-10-18(13-17)26-23(31)28(14-16-7-2-1-3-8-16)15-19-21(22(25)30)20-11-4-5-12-29(20)27-19/h1-13H,14-15H2,(H2,25,30)(H,26,31). The maximum Gasteiger partial charge on any atom is 0.322 e. The predicted molar refractivity (Wildman–Crippen MR) is 120 cm³/mol. The highest BCUT2D eigenvalue weighted by Gasteiger charge is 2.22. The number of aromatic nitrogens is 2. The molecular formula is C23H20ClN5O2. The summed E-state index contributed by atoms with van der Waals surface area (Å²) in [6.07, 6.45) is 1.73. The lowest BCUT2D eigenvalue weighted by Crippen LogP contribution is -2.34. The molecule has 4 rings (SSSR count). The van der Waals surface area contributed by atoms with Gasteiger partial charge < -0.3 is 16.0 Å². The Morgan fingerprint density at radius 1 is 1.00 bits per heavy atom. The van der Waals surface area contributed by atoms with E-state index in [0.29, 0.717) is 34.0 Å². The number of nitrogens with one attached hydrogen (secondary N) is 1. The molecule has 2 aromatic heterocycles. The van der Waals surface area contributed by atoms with Crippen molar-refractivity contribution in [1.82, 2.24) is 14.5 Å². The number of benzene rings is 2. The van der Waals surface area contributed by atoms with Gasteiger partial charge in [-0.3, -0.25) is 4.79 Å². The Hall–Kier alpha value is -3.84. The second-order valence-corrected chi connectivity index (χ2v) is 7.43. The molecule has 2 aromatic carbocycles. The number of nitrogens with two attached hydrogens (primary N) is 1. The maximum atomic E-state index is 13.1. The van der Waals surface area contributed by atoms with Crippen molar-refractivity contribution in [3.63, 3.8) is 0 Å². The summed E-state index contributed by atoms with van der Waals surface area (Å²) in [7, 11) is 0. The number of hydrogen-bond donors (Lipinski definition) is 2. The molecule has 4 aromatic rings. The lowest BCUT2D eigenvalue weighted by molar-refractivity contribution is 0.0999. The topological polar surface area (TPSA) is 92.7 Å². The molecule has 0 atom stereocenters. The van der Waals surface area contributed by atoms with Gasteiger partial charge in [-0.25, -0.2) is 9.31 Å². The van der Waals surface area contributed by atoms with Crippen LogP contribution >= 0.6 is 11.6 Å². The monoisotopic (exact) mass is 433 g/mol. The first-order chi connectivity index (χ1) is 15.0. The van der Waals surface area contributed by atoms with Crippen LogP contribution in [0.15, 0.2) is 79.0 Å². The van der Waals surface area contributed by atoms with Gasteiger partial charge in [-0.05, 0) is 35.9 Å². The molecular weight excluding hydrogens is 414 g/mol. The predicted octanol–water partition coefficient (Wildman–Crippen LogP) is 4.32. The molecule has 7 nitrogen and oxygen atoms in total. The number of fused-ring (bicyclic) bond motifs is 1. The highest BCUT2D eigenvalue weighted by molar-refractivity contribution is 6.30. The van der Waals surface area contributed by atoms with Gasteiger partial charge in [0.15, 0.2) is 0 Å². The van der Waals surface area contributed by atoms with Gasteiger partial charge in [0, 0.05) is 23.5 Å². The molecule has 0 aliphatic heterocycles. The summed E-state index contributed by atoms with van der Waals surface area (Å²) in [6, 6.07) is 21.5. The Balaban J connectivity index is 1.67. The average Bonchev–Trinajstić information content (AvgIpc) is 3.12. The zero-order valence-electron chi connectivity index (χ0n) is 16.5. The number of urea groups is 1. The van der Waals surface area contributed by atoms with E-state index < -0.39 is 5.91 Å². The van der Waals surface area contributed by atoms with Crippen molar-refractivity contribution in [2.24, 2.45) is 5.73 Å². The van der Waals surface area contributed by atoms with Crippen LogP contribution in [0, 0.1) is 0 Å². The lowest BCUT2D eigenvalue weighted by Gasteiger charge is -2.23. The minimum atomic E-state index is -0.592. The molecule has 2 heterocycles. The zero-order chi connectivity index (χ0) is 21.8. The quantitative estimate of drug-likeness (QED) is 0.474. The minimum absolute atomic E-state index is 0.0985. The molecule has 8 heteroatoms. The average molecular weight is 434 g/mol. The number of amides is 3. The van der Waals surface area contributed by atoms with Crippen molar-refractivity contribution >= 4 is 34.7 Å². The third-order valence-corrected chi connectivity index (χ3v) is 5.01. The maximum absolute atomic E-state index is 13.1. The number of carbonyl (C=O) groups is 2. The molecule has 3 amide bonds. The summed E-state index contributed by atoms with van der Waals surface area (Å²) in [6.45, 7) is 0.417. The molecule has 0 radical (unpaired) electrons. The van der Waals surface area contributed by atoms with Gasteiger partial charge in [0.2, 0.25) is 0 Å². The molecule has 31 heavy (non-hydrogen) atoms. The van der Waals surface area contributed by atoms with Crippen molar-refractivity contribution in [2.75, 3.05) is 5.32 Å². The third kappa shape index (κ3) is 4.67. The summed E-state index contributed by atoms with van der Waals surface area (Å²) < 4.78 is 1.59. The van der Waals surface area contributed by atoms with Gasteiger partial charge in [-0.2, -0.15) is 5.10 Å².